The van der Waals surface area contributed by atoms with Gasteiger partial charge in [0.25, 0.3) is 5.97 Å². The third kappa shape index (κ3) is 8.18. The number of carboxylic acid groups (broad SMARTS) is 1. The molecule has 0 amide bonds. The highest BCUT2D eigenvalue weighted by molar-refractivity contribution is 6.60. The molecule has 0 aromatic heterocycles. The molecule has 0 saturated heterocycles. The van der Waals surface area contributed by atoms with Gasteiger partial charge in [0.15, 0.2) is 0 Å². The molecule has 0 saturated carbocycles. The van der Waals surface area contributed by atoms with Crippen molar-refractivity contribution in [3.05, 3.63) is 0 Å². The quantitative estimate of drug-likeness (QED) is 0.714. The van der Waals surface area contributed by atoms with Gasteiger partial charge in [-0.25, -0.2) is 0 Å². The molecule has 0 bridgehead atoms. The number of hydrogen-bond acceptors (Lipinski definition) is 4. The van der Waals surface area contributed by atoms with Gasteiger partial charge in [0.1, 0.15) is 0 Å². The summed E-state index contributed by atoms with van der Waals surface area (Å²) in [6, 6.07) is 0.885. The van der Waals surface area contributed by atoms with Gasteiger partial charge < -0.3 is 18.4 Å². The number of aliphatic carboxylic acids is 1. The number of hydrogen-bond donors (Lipinski definition) is 1. The molecule has 6 heteroatoms. The average Bonchev–Trinajstić information content (AvgIpc) is 2.14. The molecular weight excluding hydrogens is 204 g/mol. The Hall–Kier alpha value is -0.433. The van der Waals surface area contributed by atoms with Crippen molar-refractivity contribution in [2.45, 2.75) is 26.3 Å². The first-order valence-corrected chi connectivity index (χ1v) is 6.26. The minimum Gasteiger partial charge on any atom is -0.481 e. The normalized spacial score (nSPS) is 10.4. The molecule has 0 aromatic rings. The summed E-state index contributed by atoms with van der Waals surface area (Å²) in [5, 5.41) is 7.42. The summed E-state index contributed by atoms with van der Waals surface area (Å²) < 4.78 is 15.5. The van der Waals surface area contributed by atoms with Crippen LogP contribution in [0.3, 0.4) is 0 Å². The van der Waals surface area contributed by atoms with E-state index in [0.29, 0.717) is 0 Å². The zero-order valence-corrected chi connectivity index (χ0v) is 10.5. The monoisotopic (exact) mass is 224 g/mol. The van der Waals surface area contributed by atoms with Gasteiger partial charge in [-0.15, -0.1) is 0 Å². The summed E-state index contributed by atoms with van der Waals surface area (Å²) in [5.74, 6) is -0.833. The van der Waals surface area contributed by atoms with Gasteiger partial charge in [0, 0.05) is 34.3 Å². The number of rotatable bonds is 5. The predicted octanol–water partition coefficient (Wildman–Crippen LogP) is 1.37. The first kappa shape index (κ1) is 16.0. The molecule has 14 heavy (non-hydrogen) atoms. The van der Waals surface area contributed by atoms with Crippen molar-refractivity contribution in [1.29, 1.82) is 0 Å². The highest BCUT2D eigenvalue weighted by Gasteiger charge is 2.36. The van der Waals surface area contributed by atoms with Gasteiger partial charge in [-0.3, -0.25) is 4.79 Å². The molecule has 0 rings (SSSR count). The number of carboxylic acids is 1. The fourth-order valence-electron chi connectivity index (χ4n) is 0.862. The highest BCUT2D eigenvalue weighted by Crippen LogP contribution is 2.13. The van der Waals surface area contributed by atoms with E-state index >= 15 is 0 Å². The van der Waals surface area contributed by atoms with Crippen molar-refractivity contribution in [2.24, 2.45) is 0 Å². The second-order valence-corrected chi connectivity index (χ2v) is 5.66. The predicted molar refractivity (Wildman–Crippen MR) is 55.2 cm³/mol. The molecule has 5 nitrogen and oxygen atoms in total. The first-order chi connectivity index (χ1) is 6.47. The molecule has 0 unspecified atom stereocenters. The van der Waals surface area contributed by atoms with Crippen LogP contribution >= 0.6 is 0 Å². The van der Waals surface area contributed by atoms with Crippen LogP contribution in [0.2, 0.25) is 6.04 Å². The SMILES string of the molecule is CC(=O)O.CCC[Si](OC)(OC)OC. The Labute approximate surface area is 86.3 Å². The molecule has 0 radical (unpaired) electrons. The lowest BCUT2D eigenvalue weighted by molar-refractivity contribution is -0.134. The van der Waals surface area contributed by atoms with Gasteiger partial charge in [0.2, 0.25) is 0 Å². The Morgan fingerprint density at radius 3 is 1.57 bits per heavy atom. The van der Waals surface area contributed by atoms with Crippen molar-refractivity contribution >= 4 is 14.8 Å². The van der Waals surface area contributed by atoms with E-state index in [0.717, 1.165) is 19.4 Å². The summed E-state index contributed by atoms with van der Waals surface area (Å²) in [7, 11) is 2.68. The highest BCUT2D eigenvalue weighted by atomic mass is 28.4. The van der Waals surface area contributed by atoms with Crippen LogP contribution < -0.4 is 0 Å². The summed E-state index contributed by atoms with van der Waals surface area (Å²) in [4.78, 5) is 9.00. The molecule has 0 aromatic carbocycles. The largest absolute Gasteiger partial charge is 0.500 e. The van der Waals surface area contributed by atoms with E-state index in [4.69, 9.17) is 23.2 Å². The third-order valence-electron chi connectivity index (χ3n) is 1.49. The maximum Gasteiger partial charge on any atom is 0.500 e. The third-order valence-corrected chi connectivity index (χ3v) is 4.47. The second kappa shape index (κ2) is 9.13. The van der Waals surface area contributed by atoms with Crippen LogP contribution in [0.15, 0.2) is 0 Å². The van der Waals surface area contributed by atoms with Crippen LogP contribution in [0.1, 0.15) is 20.3 Å². The topological polar surface area (TPSA) is 65.0 Å². The standard InChI is InChI=1S/C6H16O3Si.C2H4O2/c1-5-6-10(7-2,8-3)9-4;1-2(3)4/h5-6H2,1-4H3;1H3,(H,3,4). The molecule has 0 aliphatic rings. The average molecular weight is 224 g/mol. The Morgan fingerprint density at radius 2 is 1.50 bits per heavy atom. The first-order valence-electron chi connectivity index (χ1n) is 4.33. The minimum absolute atomic E-state index is 0.833. The van der Waals surface area contributed by atoms with E-state index in [-0.39, 0.29) is 0 Å². The fourth-order valence-corrected chi connectivity index (χ4v) is 2.59. The van der Waals surface area contributed by atoms with E-state index in [1.54, 1.807) is 21.3 Å². The van der Waals surface area contributed by atoms with Crippen molar-refractivity contribution in [1.82, 2.24) is 0 Å². The molecule has 0 heterocycles. The van der Waals surface area contributed by atoms with Crippen molar-refractivity contribution in [3.63, 3.8) is 0 Å². The summed E-state index contributed by atoms with van der Waals surface area (Å²) in [6.45, 7) is 3.17. The Balaban J connectivity index is 0. The number of carbonyl (C=O) groups is 1. The molecule has 0 aliphatic carbocycles. The van der Waals surface area contributed by atoms with Gasteiger partial charge in [0.05, 0.1) is 0 Å². The molecular formula is C8H20O5Si. The zero-order valence-electron chi connectivity index (χ0n) is 9.49. The summed E-state index contributed by atoms with van der Waals surface area (Å²) in [6.07, 6.45) is 1.03. The van der Waals surface area contributed by atoms with Gasteiger partial charge >= 0.3 is 8.80 Å². The molecule has 86 valence electrons. The van der Waals surface area contributed by atoms with Crippen molar-refractivity contribution in [3.8, 4) is 0 Å². The zero-order chi connectivity index (χ0) is 11.6. The Morgan fingerprint density at radius 1 is 1.21 bits per heavy atom. The van der Waals surface area contributed by atoms with Crippen LogP contribution in [-0.4, -0.2) is 41.2 Å². The van der Waals surface area contributed by atoms with Gasteiger partial charge in [-0.1, -0.05) is 13.3 Å². The lowest BCUT2D eigenvalue weighted by atomic mass is 10.6. The van der Waals surface area contributed by atoms with Gasteiger partial charge in [-0.05, 0) is 0 Å². The summed E-state index contributed by atoms with van der Waals surface area (Å²) in [5.41, 5.74) is 0. The molecule has 0 aliphatic heterocycles. The van der Waals surface area contributed by atoms with E-state index in [1.807, 2.05) is 0 Å². The molecule has 0 spiro atoms. The van der Waals surface area contributed by atoms with Crippen LogP contribution in [0.25, 0.3) is 0 Å². The lowest BCUT2D eigenvalue weighted by Gasteiger charge is -2.23. The smallest absolute Gasteiger partial charge is 0.481 e. The minimum atomic E-state index is -2.22. The Bertz CT molecular complexity index is 134. The van der Waals surface area contributed by atoms with Crippen molar-refractivity contribution in [2.75, 3.05) is 21.3 Å². The molecule has 0 fully saturated rings. The van der Waals surface area contributed by atoms with Crippen LogP contribution in [0, 0.1) is 0 Å². The second-order valence-electron chi connectivity index (χ2n) is 2.56. The van der Waals surface area contributed by atoms with Crippen LogP contribution in [0.5, 0.6) is 0 Å². The van der Waals surface area contributed by atoms with E-state index < -0.39 is 14.8 Å². The Kier molecular flexibility index (Phi) is 10.4. The van der Waals surface area contributed by atoms with E-state index in [2.05, 4.69) is 6.92 Å². The molecule has 1 N–H and O–H groups in total. The lowest BCUT2D eigenvalue weighted by Crippen LogP contribution is -2.42. The van der Waals surface area contributed by atoms with Crippen LogP contribution in [0.4, 0.5) is 0 Å². The maximum atomic E-state index is 9.00. The maximum absolute atomic E-state index is 9.00. The fraction of sp³-hybridized carbons (Fsp3) is 0.875. The summed E-state index contributed by atoms with van der Waals surface area (Å²) >= 11 is 0. The molecule has 0 atom stereocenters. The van der Waals surface area contributed by atoms with Crippen LogP contribution in [-0.2, 0) is 18.1 Å². The van der Waals surface area contributed by atoms with E-state index in [9.17, 15) is 0 Å². The van der Waals surface area contributed by atoms with Gasteiger partial charge in [-0.2, -0.15) is 0 Å². The van der Waals surface area contributed by atoms with E-state index in [1.165, 1.54) is 0 Å². The van der Waals surface area contributed by atoms with Crippen molar-refractivity contribution < 1.29 is 23.2 Å².